The number of benzene rings is 1. The van der Waals surface area contributed by atoms with Crippen LogP contribution < -0.4 is 10.2 Å². The van der Waals surface area contributed by atoms with Gasteiger partial charge in [-0.25, -0.2) is 0 Å². The number of nitrogens with zero attached hydrogens (tertiary/aromatic N) is 2. The Morgan fingerprint density at radius 3 is 2.26 bits per heavy atom. The number of ether oxygens (including phenoxy) is 1. The minimum Gasteiger partial charge on any atom is -0.455 e. The Morgan fingerprint density at radius 2 is 1.74 bits per heavy atom. The van der Waals surface area contributed by atoms with E-state index in [9.17, 15) is 9.59 Å². The van der Waals surface area contributed by atoms with Crippen LogP contribution in [-0.2, 0) is 14.3 Å². The van der Waals surface area contributed by atoms with Crippen LogP contribution in [0, 0.1) is 5.41 Å². The summed E-state index contributed by atoms with van der Waals surface area (Å²) in [6.07, 6.45) is 2.37. The number of carbonyl (C=O) groups is 2. The third kappa shape index (κ3) is 6.24. The lowest BCUT2D eigenvalue weighted by atomic mass is 9.97. The van der Waals surface area contributed by atoms with Crippen LogP contribution in [0.2, 0.25) is 0 Å². The molecule has 0 saturated carbocycles. The van der Waals surface area contributed by atoms with Gasteiger partial charge in [-0.3, -0.25) is 14.5 Å². The van der Waals surface area contributed by atoms with Crippen LogP contribution in [0.3, 0.4) is 0 Å². The first-order valence-corrected chi connectivity index (χ1v) is 9.64. The molecule has 1 saturated heterocycles. The van der Waals surface area contributed by atoms with Crippen molar-refractivity contribution < 1.29 is 14.3 Å². The molecule has 0 aromatic heterocycles. The summed E-state index contributed by atoms with van der Waals surface area (Å²) in [6.45, 7) is 7.66. The summed E-state index contributed by atoms with van der Waals surface area (Å²) >= 11 is 0. The summed E-state index contributed by atoms with van der Waals surface area (Å²) in [5.74, 6) is -0.630. The zero-order chi connectivity index (χ0) is 20.0. The Bertz CT molecular complexity index is 629. The second-order valence-corrected chi connectivity index (χ2v) is 8.38. The molecule has 150 valence electrons. The van der Waals surface area contributed by atoms with Crippen LogP contribution in [0.1, 0.15) is 45.2 Å². The van der Waals surface area contributed by atoms with Gasteiger partial charge < -0.3 is 15.0 Å². The normalized spacial score (nSPS) is 16.0. The molecular weight excluding hydrogens is 342 g/mol. The van der Waals surface area contributed by atoms with Gasteiger partial charge in [0.1, 0.15) is 0 Å². The molecular formula is C21H33N3O3. The molecule has 1 aliphatic heterocycles. The maximum absolute atomic E-state index is 12.2. The fourth-order valence-corrected chi connectivity index (χ4v) is 3.11. The van der Waals surface area contributed by atoms with Crippen LogP contribution >= 0.6 is 0 Å². The predicted molar refractivity (Wildman–Crippen MR) is 108 cm³/mol. The van der Waals surface area contributed by atoms with Crippen molar-refractivity contribution in [1.82, 2.24) is 10.2 Å². The Labute approximate surface area is 162 Å². The molecule has 1 heterocycles. The average Bonchev–Trinajstić information content (AvgIpc) is 3.13. The van der Waals surface area contributed by atoms with Gasteiger partial charge in [-0.05, 0) is 64.4 Å². The molecule has 1 fully saturated rings. The van der Waals surface area contributed by atoms with Crippen molar-refractivity contribution in [2.24, 2.45) is 5.41 Å². The van der Waals surface area contributed by atoms with Crippen molar-refractivity contribution in [2.75, 3.05) is 45.2 Å². The van der Waals surface area contributed by atoms with Gasteiger partial charge in [-0.15, -0.1) is 0 Å². The highest BCUT2D eigenvalue weighted by atomic mass is 16.5. The van der Waals surface area contributed by atoms with E-state index in [-0.39, 0.29) is 24.5 Å². The molecule has 27 heavy (non-hydrogen) atoms. The van der Waals surface area contributed by atoms with E-state index in [1.54, 1.807) is 20.8 Å². The summed E-state index contributed by atoms with van der Waals surface area (Å²) in [6, 6.07) is 8.59. The first kappa shape index (κ1) is 21.2. The highest BCUT2D eigenvalue weighted by molar-refractivity contribution is 5.82. The van der Waals surface area contributed by atoms with Gasteiger partial charge in [-0.2, -0.15) is 0 Å². The van der Waals surface area contributed by atoms with Gasteiger partial charge in [-0.1, -0.05) is 12.1 Å². The molecule has 0 bridgehead atoms. The molecule has 6 heteroatoms. The molecule has 6 nitrogen and oxygen atoms in total. The topological polar surface area (TPSA) is 61.9 Å². The minimum absolute atomic E-state index is 0.131. The molecule has 1 atom stereocenters. The predicted octanol–water partition coefficient (Wildman–Crippen LogP) is 2.59. The number of anilines is 1. The van der Waals surface area contributed by atoms with Crippen molar-refractivity contribution in [3.05, 3.63) is 29.8 Å². The number of likely N-dealkylation sites (tertiary alicyclic amines) is 1. The third-order valence-corrected chi connectivity index (χ3v) is 4.81. The highest BCUT2D eigenvalue weighted by Crippen LogP contribution is 2.26. The fraction of sp³-hybridized carbons (Fsp3) is 0.619. The number of amides is 1. The number of nitrogens with one attached hydrogen (secondary N) is 1. The Morgan fingerprint density at radius 1 is 1.15 bits per heavy atom. The summed E-state index contributed by atoms with van der Waals surface area (Å²) in [4.78, 5) is 28.4. The van der Waals surface area contributed by atoms with Gasteiger partial charge in [0.05, 0.1) is 11.5 Å². The Hall–Kier alpha value is -2.08. The van der Waals surface area contributed by atoms with E-state index in [1.807, 2.05) is 14.1 Å². The second-order valence-electron chi connectivity index (χ2n) is 8.38. The molecule has 1 aromatic rings. The number of esters is 1. The van der Waals surface area contributed by atoms with E-state index in [0.717, 1.165) is 18.8 Å². The number of hydrogen-bond acceptors (Lipinski definition) is 5. The lowest BCUT2D eigenvalue weighted by Crippen LogP contribution is -2.39. The maximum Gasteiger partial charge on any atom is 0.311 e. The van der Waals surface area contributed by atoms with Gasteiger partial charge in [0.25, 0.3) is 5.91 Å². The minimum atomic E-state index is -0.605. The van der Waals surface area contributed by atoms with Crippen molar-refractivity contribution in [3.8, 4) is 0 Å². The van der Waals surface area contributed by atoms with E-state index in [2.05, 4.69) is 39.4 Å². The van der Waals surface area contributed by atoms with Crippen LogP contribution in [-0.4, -0.2) is 57.1 Å². The van der Waals surface area contributed by atoms with E-state index in [1.165, 1.54) is 18.4 Å². The molecule has 1 amide bonds. The molecule has 0 spiro atoms. The van der Waals surface area contributed by atoms with Crippen LogP contribution in [0.5, 0.6) is 0 Å². The van der Waals surface area contributed by atoms with Gasteiger partial charge in [0.15, 0.2) is 6.61 Å². The van der Waals surface area contributed by atoms with E-state index >= 15 is 0 Å². The molecule has 1 aromatic carbocycles. The molecule has 0 radical (unpaired) electrons. The SMILES string of the molecule is CN(C)c1ccc(C(CNC(=O)COC(=O)C(C)(C)C)N2CCCC2)cc1. The maximum atomic E-state index is 12.2. The first-order chi connectivity index (χ1) is 12.7. The summed E-state index contributed by atoms with van der Waals surface area (Å²) in [5, 5.41) is 2.93. The lowest BCUT2D eigenvalue weighted by molar-refractivity contribution is -0.156. The average molecular weight is 376 g/mol. The standard InChI is InChI=1S/C21H33N3O3/c1-21(2,3)20(26)27-15-19(25)22-14-18(24-12-6-7-13-24)16-8-10-17(11-9-16)23(4)5/h8-11,18H,6-7,12-15H2,1-5H3,(H,22,25). The Kier molecular flexibility index (Phi) is 7.25. The number of hydrogen-bond donors (Lipinski definition) is 1. The fourth-order valence-electron chi connectivity index (χ4n) is 3.11. The first-order valence-electron chi connectivity index (χ1n) is 9.64. The van der Waals surface area contributed by atoms with Crippen LogP contribution in [0.25, 0.3) is 0 Å². The Balaban J connectivity index is 1.96. The summed E-state index contributed by atoms with van der Waals surface area (Å²) in [7, 11) is 4.04. The smallest absolute Gasteiger partial charge is 0.311 e. The number of rotatable bonds is 7. The van der Waals surface area contributed by atoms with Crippen molar-refractivity contribution >= 4 is 17.6 Å². The monoisotopic (exact) mass is 375 g/mol. The zero-order valence-corrected chi connectivity index (χ0v) is 17.2. The summed E-state index contributed by atoms with van der Waals surface area (Å²) < 4.78 is 5.10. The lowest BCUT2D eigenvalue weighted by Gasteiger charge is -2.28. The molecule has 2 rings (SSSR count). The van der Waals surface area contributed by atoms with Crippen molar-refractivity contribution in [1.29, 1.82) is 0 Å². The van der Waals surface area contributed by atoms with Crippen molar-refractivity contribution in [2.45, 2.75) is 39.7 Å². The van der Waals surface area contributed by atoms with E-state index in [4.69, 9.17) is 4.74 Å². The van der Waals surface area contributed by atoms with Crippen molar-refractivity contribution in [3.63, 3.8) is 0 Å². The largest absolute Gasteiger partial charge is 0.455 e. The second kappa shape index (κ2) is 9.22. The summed E-state index contributed by atoms with van der Waals surface area (Å²) in [5.41, 5.74) is 1.73. The highest BCUT2D eigenvalue weighted by Gasteiger charge is 2.26. The molecule has 0 aliphatic carbocycles. The number of carbonyl (C=O) groups excluding carboxylic acids is 2. The van der Waals surface area contributed by atoms with Gasteiger partial charge in [0.2, 0.25) is 0 Å². The van der Waals surface area contributed by atoms with E-state index in [0.29, 0.717) is 6.54 Å². The van der Waals surface area contributed by atoms with Crippen LogP contribution in [0.4, 0.5) is 5.69 Å². The van der Waals surface area contributed by atoms with Gasteiger partial charge in [0, 0.05) is 26.3 Å². The molecule has 1 N–H and O–H groups in total. The molecule has 1 aliphatic rings. The third-order valence-electron chi connectivity index (χ3n) is 4.81. The zero-order valence-electron chi connectivity index (χ0n) is 17.2. The quantitative estimate of drug-likeness (QED) is 0.742. The van der Waals surface area contributed by atoms with E-state index < -0.39 is 5.41 Å². The molecule has 1 unspecified atom stereocenters. The van der Waals surface area contributed by atoms with Crippen LogP contribution in [0.15, 0.2) is 24.3 Å². The van der Waals surface area contributed by atoms with Gasteiger partial charge >= 0.3 is 5.97 Å².